The summed E-state index contributed by atoms with van der Waals surface area (Å²) in [5.41, 5.74) is -2.45. The maximum Gasteiger partial charge on any atom is 0.434 e. The molecule has 0 aliphatic carbocycles. The Labute approximate surface area is 133 Å². The molecule has 24 heavy (non-hydrogen) atoms. The molecule has 13 heteroatoms. The highest BCUT2D eigenvalue weighted by atomic mass is 32.2. The van der Waals surface area contributed by atoms with E-state index in [1.54, 1.807) is 0 Å². The number of halogens is 3. The van der Waals surface area contributed by atoms with Crippen molar-refractivity contribution in [2.75, 3.05) is 13.4 Å². The van der Waals surface area contributed by atoms with Gasteiger partial charge in [-0.15, -0.1) is 10.2 Å². The zero-order valence-corrected chi connectivity index (χ0v) is 13.0. The van der Waals surface area contributed by atoms with Crippen molar-refractivity contribution < 1.29 is 31.1 Å². The molecular formula is C11H10F3N5O4S. The van der Waals surface area contributed by atoms with Crippen LogP contribution in [0.5, 0.6) is 5.88 Å². The molecule has 0 saturated heterocycles. The average molecular weight is 365 g/mol. The second-order valence-corrected chi connectivity index (χ2v) is 6.20. The number of hydrogen-bond acceptors (Lipinski definition) is 7. The SMILES string of the molecule is COc1ccc(-n2ncc(C(=O)NS(C)(=O)=O)c2C(F)(F)F)nn1. The largest absolute Gasteiger partial charge is 0.480 e. The van der Waals surface area contributed by atoms with E-state index in [1.165, 1.54) is 17.9 Å². The van der Waals surface area contributed by atoms with Gasteiger partial charge in [0.1, 0.15) is 0 Å². The van der Waals surface area contributed by atoms with E-state index in [2.05, 4.69) is 15.3 Å². The molecule has 1 N–H and O–H groups in total. The molecule has 0 aliphatic rings. The summed E-state index contributed by atoms with van der Waals surface area (Å²) in [6.07, 6.45) is -3.77. The number of amides is 1. The zero-order valence-electron chi connectivity index (χ0n) is 12.2. The van der Waals surface area contributed by atoms with Crippen LogP contribution >= 0.6 is 0 Å². The number of nitrogens with zero attached hydrogens (tertiary/aromatic N) is 4. The summed E-state index contributed by atoms with van der Waals surface area (Å²) in [5.74, 6) is -1.73. The summed E-state index contributed by atoms with van der Waals surface area (Å²) < 4.78 is 68.5. The molecule has 0 aromatic carbocycles. The van der Waals surface area contributed by atoms with Crippen molar-refractivity contribution >= 4 is 15.9 Å². The average Bonchev–Trinajstić information content (AvgIpc) is 2.90. The highest BCUT2D eigenvalue weighted by Crippen LogP contribution is 2.33. The number of methoxy groups -OCH3 is 1. The molecule has 0 unspecified atom stereocenters. The van der Waals surface area contributed by atoms with Gasteiger partial charge < -0.3 is 4.74 Å². The summed E-state index contributed by atoms with van der Waals surface area (Å²) in [4.78, 5) is 11.8. The molecular weight excluding hydrogens is 355 g/mol. The van der Waals surface area contributed by atoms with Gasteiger partial charge in [0.25, 0.3) is 5.91 Å². The fourth-order valence-corrected chi connectivity index (χ4v) is 2.17. The zero-order chi connectivity index (χ0) is 18.1. The monoisotopic (exact) mass is 365 g/mol. The van der Waals surface area contributed by atoms with Crippen molar-refractivity contribution in [3.8, 4) is 11.7 Å². The topological polar surface area (TPSA) is 116 Å². The molecule has 0 bridgehead atoms. The van der Waals surface area contributed by atoms with Gasteiger partial charge in [0.05, 0.1) is 25.1 Å². The molecule has 2 aromatic rings. The maximum absolute atomic E-state index is 13.3. The number of ether oxygens (including phenoxy) is 1. The van der Waals surface area contributed by atoms with Crippen LogP contribution in [0.2, 0.25) is 0 Å². The fourth-order valence-electron chi connectivity index (χ4n) is 1.72. The molecule has 0 fully saturated rings. The van der Waals surface area contributed by atoms with Gasteiger partial charge in [-0.1, -0.05) is 0 Å². The number of nitrogens with one attached hydrogen (secondary N) is 1. The Morgan fingerprint density at radius 3 is 2.42 bits per heavy atom. The van der Waals surface area contributed by atoms with E-state index in [0.29, 0.717) is 17.1 Å². The summed E-state index contributed by atoms with van der Waals surface area (Å²) in [7, 11) is -2.75. The standard InChI is InChI=1S/C11H10F3N5O4S/c1-23-8-4-3-7(16-17-8)19-9(11(12,13)14)6(5-15-19)10(20)18-24(2,21)22/h3-5H,1-2H3,(H,18,20). The summed E-state index contributed by atoms with van der Waals surface area (Å²) in [6.45, 7) is 0. The highest BCUT2D eigenvalue weighted by molar-refractivity contribution is 7.89. The smallest absolute Gasteiger partial charge is 0.434 e. The molecule has 0 saturated carbocycles. The van der Waals surface area contributed by atoms with Crippen LogP contribution in [0.4, 0.5) is 13.2 Å². The van der Waals surface area contributed by atoms with E-state index in [4.69, 9.17) is 4.74 Å². The molecule has 2 aromatic heterocycles. The van der Waals surface area contributed by atoms with Gasteiger partial charge in [0.15, 0.2) is 11.5 Å². The van der Waals surface area contributed by atoms with Crippen LogP contribution in [0, 0.1) is 0 Å². The van der Waals surface area contributed by atoms with Crippen LogP contribution in [0.3, 0.4) is 0 Å². The van der Waals surface area contributed by atoms with E-state index >= 15 is 0 Å². The van der Waals surface area contributed by atoms with Gasteiger partial charge in [-0.2, -0.15) is 18.3 Å². The van der Waals surface area contributed by atoms with E-state index < -0.39 is 33.4 Å². The number of sulfonamides is 1. The number of alkyl halides is 3. The van der Waals surface area contributed by atoms with Crippen LogP contribution < -0.4 is 9.46 Å². The van der Waals surface area contributed by atoms with E-state index in [0.717, 1.165) is 6.07 Å². The Kier molecular flexibility index (Phi) is 4.46. The molecule has 1 amide bonds. The number of carbonyl (C=O) groups excluding carboxylic acids is 1. The second-order valence-electron chi connectivity index (χ2n) is 4.45. The number of aromatic nitrogens is 4. The highest BCUT2D eigenvalue weighted by Gasteiger charge is 2.41. The lowest BCUT2D eigenvalue weighted by Gasteiger charge is -2.11. The first-order valence-electron chi connectivity index (χ1n) is 6.08. The van der Waals surface area contributed by atoms with Crippen molar-refractivity contribution in [2.45, 2.75) is 6.18 Å². The van der Waals surface area contributed by atoms with Crippen LogP contribution in [0.15, 0.2) is 18.3 Å². The lowest BCUT2D eigenvalue weighted by atomic mass is 10.2. The predicted molar refractivity (Wildman–Crippen MR) is 73.0 cm³/mol. The molecule has 2 heterocycles. The minimum absolute atomic E-state index is 0.0644. The minimum atomic E-state index is -5.00. The molecule has 2 rings (SSSR count). The Morgan fingerprint density at radius 1 is 1.29 bits per heavy atom. The normalized spacial score (nSPS) is 12.0. The van der Waals surface area contributed by atoms with Crippen molar-refractivity contribution in [1.82, 2.24) is 24.7 Å². The van der Waals surface area contributed by atoms with E-state index in [1.807, 2.05) is 0 Å². The van der Waals surface area contributed by atoms with Crippen LogP contribution in [0.1, 0.15) is 16.1 Å². The van der Waals surface area contributed by atoms with Crippen molar-refractivity contribution in [1.29, 1.82) is 0 Å². The lowest BCUT2D eigenvalue weighted by Crippen LogP contribution is -2.31. The summed E-state index contributed by atoms with van der Waals surface area (Å²) in [6, 6.07) is 2.40. The van der Waals surface area contributed by atoms with Crippen LogP contribution in [0.25, 0.3) is 5.82 Å². The summed E-state index contributed by atoms with van der Waals surface area (Å²) in [5, 5.41) is 10.5. The first kappa shape index (κ1) is 17.7. The van der Waals surface area contributed by atoms with Crippen molar-refractivity contribution in [3.63, 3.8) is 0 Å². The fraction of sp³-hybridized carbons (Fsp3) is 0.273. The van der Waals surface area contributed by atoms with Crippen LogP contribution in [-0.4, -0.2) is 47.7 Å². The Bertz CT molecular complexity index is 861. The Morgan fingerprint density at radius 2 is 1.96 bits per heavy atom. The summed E-state index contributed by atoms with van der Waals surface area (Å²) >= 11 is 0. The van der Waals surface area contributed by atoms with Crippen molar-refractivity contribution in [3.05, 3.63) is 29.6 Å². The Balaban J connectivity index is 2.55. The van der Waals surface area contributed by atoms with Gasteiger partial charge in [-0.3, -0.25) is 4.79 Å². The van der Waals surface area contributed by atoms with Gasteiger partial charge in [0.2, 0.25) is 15.9 Å². The third kappa shape index (κ3) is 3.79. The number of carbonyl (C=O) groups is 1. The quantitative estimate of drug-likeness (QED) is 0.832. The van der Waals surface area contributed by atoms with Gasteiger partial charge in [-0.25, -0.2) is 17.8 Å². The molecule has 0 spiro atoms. The van der Waals surface area contributed by atoms with Crippen LogP contribution in [-0.2, 0) is 16.2 Å². The molecule has 9 nitrogen and oxygen atoms in total. The first-order valence-corrected chi connectivity index (χ1v) is 7.97. The van der Waals surface area contributed by atoms with E-state index in [9.17, 15) is 26.4 Å². The number of hydrogen-bond donors (Lipinski definition) is 1. The maximum atomic E-state index is 13.3. The molecule has 0 atom stereocenters. The lowest BCUT2D eigenvalue weighted by molar-refractivity contribution is -0.143. The second kappa shape index (κ2) is 6.07. The third-order valence-corrected chi connectivity index (χ3v) is 3.17. The van der Waals surface area contributed by atoms with Crippen molar-refractivity contribution in [2.24, 2.45) is 0 Å². The van der Waals surface area contributed by atoms with Gasteiger partial charge in [0, 0.05) is 6.07 Å². The Hall–Kier alpha value is -2.70. The first-order chi connectivity index (χ1) is 11.0. The predicted octanol–water partition coefficient (Wildman–Crippen LogP) is 0.379. The van der Waals surface area contributed by atoms with Gasteiger partial charge >= 0.3 is 6.18 Å². The van der Waals surface area contributed by atoms with Gasteiger partial charge in [-0.05, 0) is 6.07 Å². The molecule has 0 aliphatic heterocycles. The molecule has 0 radical (unpaired) electrons. The third-order valence-electron chi connectivity index (χ3n) is 2.61. The minimum Gasteiger partial charge on any atom is -0.480 e. The molecule has 130 valence electrons. The number of rotatable bonds is 4. The van der Waals surface area contributed by atoms with E-state index in [-0.39, 0.29) is 11.7 Å².